The molecule has 0 aromatic heterocycles. The van der Waals surface area contributed by atoms with Gasteiger partial charge in [-0.15, -0.1) is 0 Å². The van der Waals surface area contributed by atoms with Crippen LogP contribution < -0.4 is 15.8 Å². The molecule has 0 fully saturated rings. The van der Waals surface area contributed by atoms with Gasteiger partial charge in [-0.3, -0.25) is 9.59 Å². The number of anilines is 1. The van der Waals surface area contributed by atoms with E-state index in [1.54, 1.807) is 59.5 Å². The number of ether oxygens (including phenoxy) is 1. The van der Waals surface area contributed by atoms with Gasteiger partial charge in [-0.05, 0) is 67.1 Å². The van der Waals surface area contributed by atoms with Crippen LogP contribution in [0.3, 0.4) is 0 Å². The predicted molar refractivity (Wildman–Crippen MR) is 127 cm³/mol. The number of benzene rings is 3. The normalized spacial score (nSPS) is 10.2. The van der Waals surface area contributed by atoms with E-state index in [0.29, 0.717) is 54.2 Å². The van der Waals surface area contributed by atoms with Crippen molar-refractivity contribution < 1.29 is 14.3 Å². The monoisotopic (exact) mass is 442 g/mol. The third-order valence-corrected chi connectivity index (χ3v) is 5.09. The Hall–Kier alpha value is -4.15. The molecule has 0 bridgehead atoms. The molecule has 0 atom stereocenters. The van der Waals surface area contributed by atoms with Crippen molar-refractivity contribution in [2.45, 2.75) is 13.0 Å². The second kappa shape index (κ2) is 11.5. The van der Waals surface area contributed by atoms with Gasteiger partial charge in [0.25, 0.3) is 11.8 Å². The van der Waals surface area contributed by atoms with E-state index in [4.69, 9.17) is 15.7 Å². The SMILES string of the molecule is COc1ccccc1C(=O)Nc1cccc(CN(CCCN)C(=O)c2ccc(C#N)cc2)c1. The molecule has 0 unspecified atom stereocenters. The molecule has 3 rings (SSSR count). The average Bonchev–Trinajstić information content (AvgIpc) is 2.86. The van der Waals surface area contributed by atoms with Crippen LogP contribution in [0.25, 0.3) is 0 Å². The molecule has 7 nitrogen and oxygen atoms in total. The zero-order valence-electron chi connectivity index (χ0n) is 18.5. The molecule has 33 heavy (non-hydrogen) atoms. The predicted octanol–water partition coefficient (Wildman–Crippen LogP) is 3.81. The lowest BCUT2D eigenvalue weighted by Crippen LogP contribution is -2.32. The largest absolute Gasteiger partial charge is 0.496 e. The minimum atomic E-state index is -0.279. The van der Waals surface area contributed by atoms with Crippen LogP contribution in [-0.4, -0.2) is 36.9 Å². The third kappa shape index (κ3) is 6.19. The number of nitriles is 1. The van der Waals surface area contributed by atoms with Gasteiger partial charge in [0.05, 0.1) is 24.3 Å². The van der Waals surface area contributed by atoms with Crippen LogP contribution in [0.4, 0.5) is 5.69 Å². The summed E-state index contributed by atoms with van der Waals surface area (Å²) in [4.78, 5) is 27.5. The number of carbonyl (C=O) groups excluding carboxylic acids is 2. The second-order valence-corrected chi connectivity index (χ2v) is 7.41. The molecular weight excluding hydrogens is 416 g/mol. The molecule has 0 aliphatic heterocycles. The number of carbonyl (C=O) groups is 2. The molecule has 0 aliphatic rings. The summed E-state index contributed by atoms with van der Waals surface area (Å²) in [6, 6.07) is 23.0. The van der Waals surface area contributed by atoms with Crippen LogP contribution in [-0.2, 0) is 6.54 Å². The van der Waals surface area contributed by atoms with Crippen molar-refractivity contribution in [1.29, 1.82) is 5.26 Å². The zero-order valence-corrected chi connectivity index (χ0v) is 18.5. The average molecular weight is 443 g/mol. The second-order valence-electron chi connectivity index (χ2n) is 7.41. The molecular formula is C26H26N4O3. The fraction of sp³-hybridized carbons (Fsp3) is 0.192. The van der Waals surface area contributed by atoms with Gasteiger partial charge < -0.3 is 20.7 Å². The Morgan fingerprint density at radius 1 is 1.06 bits per heavy atom. The van der Waals surface area contributed by atoms with E-state index in [2.05, 4.69) is 11.4 Å². The van der Waals surface area contributed by atoms with Crippen LogP contribution in [0.15, 0.2) is 72.8 Å². The number of hydrogen-bond donors (Lipinski definition) is 2. The highest BCUT2D eigenvalue weighted by Crippen LogP contribution is 2.20. The number of methoxy groups -OCH3 is 1. The maximum absolute atomic E-state index is 13.1. The maximum atomic E-state index is 13.1. The summed E-state index contributed by atoms with van der Waals surface area (Å²) < 4.78 is 5.27. The number of nitrogens with two attached hydrogens (primary N) is 1. The van der Waals surface area contributed by atoms with Crippen molar-refractivity contribution in [3.63, 3.8) is 0 Å². The molecule has 3 aromatic rings. The van der Waals surface area contributed by atoms with E-state index in [1.807, 2.05) is 18.2 Å². The molecule has 0 spiro atoms. The first-order chi connectivity index (χ1) is 16.0. The van der Waals surface area contributed by atoms with Crippen molar-refractivity contribution in [2.24, 2.45) is 5.73 Å². The standard InChI is InChI=1S/C26H26N4O3/c1-33-24-9-3-2-8-23(24)25(31)29-22-7-4-6-20(16-22)18-30(15-5-14-27)26(32)21-12-10-19(17-28)11-13-21/h2-4,6-13,16H,5,14-15,18,27H2,1H3,(H,29,31). The maximum Gasteiger partial charge on any atom is 0.259 e. The Balaban J connectivity index is 1.76. The number of nitrogens with zero attached hydrogens (tertiary/aromatic N) is 2. The number of nitrogens with one attached hydrogen (secondary N) is 1. The molecule has 3 aromatic carbocycles. The van der Waals surface area contributed by atoms with Gasteiger partial charge in [-0.1, -0.05) is 24.3 Å². The molecule has 0 heterocycles. The molecule has 0 saturated heterocycles. The Bertz CT molecular complexity index is 1150. The Kier molecular flexibility index (Phi) is 8.17. The van der Waals surface area contributed by atoms with E-state index < -0.39 is 0 Å². The minimum absolute atomic E-state index is 0.142. The van der Waals surface area contributed by atoms with E-state index in [0.717, 1.165) is 5.56 Å². The van der Waals surface area contributed by atoms with Gasteiger partial charge in [0.2, 0.25) is 0 Å². The smallest absolute Gasteiger partial charge is 0.259 e. The van der Waals surface area contributed by atoms with E-state index >= 15 is 0 Å². The van der Waals surface area contributed by atoms with E-state index in [-0.39, 0.29) is 11.8 Å². The lowest BCUT2D eigenvalue weighted by Gasteiger charge is -2.23. The quantitative estimate of drug-likeness (QED) is 0.524. The van der Waals surface area contributed by atoms with Crippen molar-refractivity contribution in [3.05, 3.63) is 95.1 Å². The van der Waals surface area contributed by atoms with Crippen molar-refractivity contribution in [1.82, 2.24) is 4.90 Å². The fourth-order valence-electron chi connectivity index (χ4n) is 3.40. The summed E-state index contributed by atoms with van der Waals surface area (Å²) in [6.45, 7) is 1.32. The molecule has 0 saturated carbocycles. The van der Waals surface area contributed by atoms with Crippen LogP contribution >= 0.6 is 0 Å². The Labute approximate surface area is 193 Å². The van der Waals surface area contributed by atoms with Gasteiger partial charge in [0, 0.05) is 24.3 Å². The summed E-state index contributed by atoms with van der Waals surface area (Å²) in [5, 5.41) is 11.9. The Morgan fingerprint density at radius 3 is 2.52 bits per heavy atom. The topological polar surface area (TPSA) is 108 Å². The lowest BCUT2D eigenvalue weighted by atomic mass is 10.1. The van der Waals surface area contributed by atoms with Gasteiger partial charge in [0.1, 0.15) is 5.75 Å². The first kappa shape index (κ1) is 23.5. The van der Waals surface area contributed by atoms with E-state index in [1.165, 1.54) is 7.11 Å². The van der Waals surface area contributed by atoms with Gasteiger partial charge in [-0.25, -0.2) is 0 Å². The fourth-order valence-corrected chi connectivity index (χ4v) is 3.40. The molecule has 0 aliphatic carbocycles. The lowest BCUT2D eigenvalue weighted by molar-refractivity contribution is 0.0742. The zero-order chi connectivity index (χ0) is 23.6. The molecule has 0 radical (unpaired) electrons. The minimum Gasteiger partial charge on any atom is -0.496 e. The number of para-hydroxylation sites is 1. The number of amides is 2. The van der Waals surface area contributed by atoms with Crippen LogP contribution in [0.5, 0.6) is 5.75 Å². The summed E-state index contributed by atoms with van der Waals surface area (Å²) in [5.74, 6) is 0.0711. The van der Waals surface area contributed by atoms with Gasteiger partial charge in [0.15, 0.2) is 0 Å². The van der Waals surface area contributed by atoms with Crippen LogP contribution in [0.1, 0.15) is 38.3 Å². The number of rotatable bonds is 9. The number of hydrogen-bond acceptors (Lipinski definition) is 5. The van der Waals surface area contributed by atoms with Crippen molar-refractivity contribution in [2.75, 3.05) is 25.5 Å². The van der Waals surface area contributed by atoms with Crippen LogP contribution in [0, 0.1) is 11.3 Å². The molecule has 7 heteroatoms. The first-order valence-corrected chi connectivity index (χ1v) is 10.6. The van der Waals surface area contributed by atoms with Crippen LogP contribution in [0.2, 0.25) is 0 Å². The molecule has 2 amide bonds. The summed E-state index contributed by atoms with van der Waals surface area (Å²) in [6.07, 6.45) is 0.659. The summed E-state index contributed by atoms with van der Waals surface area (Å²) >= 11 is 0. The van der Waals surface area contributed by atoms with Crippen molar-refractivity contribution >= 4 is 17.5 Å². The van der Waals surface area contributed by atoms with Crippen molar-refractivity contribution in [3.8, 4) is 11.8 Å². The third-order valence-electron chi connectivity index (χ3n) is 5.09. The molecule has 168 valence electrons. The highest BCUT2D eigenvalue weighted by Gasteiger charge is 2.17. The summed E-state index contributed by atoms with van der Waals surface area (Å²) in [5.41, 5.74) is 8.60. The van der Waals surface area contributed by atoms with Gasteiger partial charge in [-0.2, -0.15) is 5.26 Å². The Morgan fingerprint density at radius 2 is 1.82 bits per heavy atom. The highest BCUT2D eigenvalue weighted by atomic mass is 16.5. The van der Waals surface area contributed by atoms with Gasteiger partial charge >= 0.3 is 0 Å². The van der Waals surface area contributed by atoms with E-state index in [9.17, 15) is 9.59 Å². The molecule has 3 N–H and O–H groups in total. The highest BCUT2D eigenvalue weighted by molar-refractivity contribution is 6.06. The first-order valence-electron chi connectivity index (χ1n) is 10.6. The summed E-state index contributed by atoms with van der Waals surface area (Å²) in [7, 11) is 1.52.